The number of benzene rings is 2. The molecule has 4 N–H and O–H groups in total. The van der Waals surface area contributed by atoms with Crippen molar-refractivity contribution in [3.8, 4) is 0 Å². The third-order valence-corrected chi connectivity index (χ3v) is 3.13. The first-order chi connectivity index (χ1) is 8.58. The monoisotopic (exact) mass is 306 g/mol. The SMILES string of the molecule is Nc1cc(C(=O)O)ccc1Nc1ccccc1Br. The zero-order valence-electron chi connectivity index (χ0n) is 9.35. The van der Waals surface area contributed by atoms with Crippen molar-refractivity contribution in [2.45, 2.75) is 0 Å². The van der Waals surface area contributed by atoms with Crippen LogP contribution in [-0.2, 0) is 0 Å². The lowest BCUT2D eigenvalue weighted by Gasteiger charge is -2.11. The highest BCUT2D eigenvalue weighted by molar-refractivity contribution is 9.10. The zero-order valence-corrected chi connectivity index (χ0v) is 10.9. The van der Waals surface area contributed by atoms with E-state index in [-0.39, 0.29) is 5.56 Å². The van der Waals surface area contributed by atoms with Gasteiger partial charge in [-0.05, 0) is 46.3 Å². The van der Waals surface area contributed by atoms with Gasteiger partial charge in [-0.2, -0.15) is 0 Å². The maximum absolute atomic E-state index is 10.8. The van der Waals surface area contributed by atoms with Crippen molar-refractivity contribution in [1.82, 2.24) is 0 Å². The van der Waals surface area contributed by atoms with Gasteiger partial charge in [0.15, 0.2) is 0 Å². The average Bonchev–Trinajstić information content (AvgIpc) is 2.34. The summed E-state index contributed by atoms with van der Waals surface area (Å²) in [4.78, 5) is 10.8. The molecule has 0 spiro atoms. The quantitative estimate of drug-likeness (QED) is 0.759. The van der Waals surface area contributed by atoms with Crippen LogP contribution in [0.25, 0.3) is 0 Å². The fraction of sp³-hybridized carbons (Fsp3) is 0. The summed E-state index contributed by atoms with van der Waals surface area (Å²) in [7, 11) is 0. The molecule has 2 aromatic carbocycles. The summed E-state index contributed by atoms with van der Waals surface area (Å²) in [5, 5.41) is 12.0. The molecule has 2 aromatic rings. The van der Waals surface area contributed by atoms with E-state index in [1.165, 1.54) is 12.1 Å². The Balaban J connectivity index is 2.30. The Morgan fingerprint density at radius 2 is 1.89 bits per heavy atom. The van der Waals surface area contributed by atoms with Gasteiger partial charge in [0, 0.05) is 4.47 Å². The van der Waals surface area contributed by atoms with Gasteiger partial charge in [0.1, 0.15) is 0 Å². The number of hydrogen-bond acceptors (Lipinski definition) is 3. The van der Waals surface area contributed by atoms with Crippen LogP contribution >= 0.6 is 15.9 Å². The predicted octanol–water partition coefficient (Wildman–Crippen LogP) is 3.47. The highest BCUT2D eigenvalue weighted by Gasteiger charge is 2.07. The smallest absolute Gasteiger partial charge is 0.335 e. The number of anilines is 3. The van der Waals surface area contributed by atoms with Gasteiger partial charge in [-0.15, -0.1) is 0 Å². The van der Waals surface area contributed by atoms with Crippen molar-refractivity contribution < 1.29 is 9.90 Å². The summed E-state index contributed by atoms with van der Waals surface area (Å²) >= 11 is 3.42. The third kappa shape index (κ3) is 2.62. The van der Waals surface area contributed by atoms with Crippen molar-refractivity contribution in [2.75, 3.05) is 11.1 Å². The number of halogens is 1. The average molecular weight is 307 g/mol. The first-order valence-electron chi connectivity index (χ1n) is 5.22. The first-order valence-corrected chi connectivity index (χ1v) is 6.01. The number of nitrogens with two attached hydrogens (primary N) is 1. The normalized spacial score (nSPS) is 10.1. The molecule has 0 bridgehead atoms. The second-order valence-electron chi connectivity index (χ2n) is 3.71. The fourth-order valence-electron chi connectivity index (χ4n) is 1.52. The van der Waals surface area contributed by atoms with Crippen LogP contribution in [0.2, 0.25) is 0 Å². The van der Waals surface area contributed by atoms with E-state index in [0.717, 1.165) is 10.2 Å². The molecule has 5 heteroatoms. The molecule has 0 heterocycles. The molecule has 0 atom stereocenters. The van der Waals surface area contributed by atoms with Crippen LogP contribution in [0.3, 0.4) is 0 Å². The Labute approximate surface area is 113 Å². The van der Waals surface area contributed by atoms with Crippen molar-refractivity contribution in [1.29, 1.82) is 0 Å². The van der Waals surface area contributed by atoms with Crippen LogP contribution in [0.4, 0.5) is 17.1 Å². The molecule has 0 aliphatic heterocycles. The maximum atomic E-state index is 10.8. The molecular formula is C13H11BrN2O2. The van der Waals surface area contributed by atoms with E-state index in [9.17, 15) is 4.79 Å². The number of rotatable bonds is 3. The highest BCUT2D eigenvalue weighted by Crippen LogP contribution is 2.28. The van der Waals surface area contributed by atoms with Crippen LogP contribution < -0.4 is 11.1 Å². The molecule has 0 aromatic heterocycles. The predicted molar refractivity (Wildman–Crippen MR) is 75.2 cm³/mol. The molecule has 0 aliphatic rings. The zero-order chi connectivity index (χ0) is 13.1. The number of para-hydroxylation sites is 1. The minimum atomic E-state index is -0.992. The summed E-state index contributed by atoms with van der Waals surface area (Å²) in [5.74, 6) is -0.992. The lowest BCUT2D eigenvalue weighted by molar-refractivity contribution is 0.0697. The van der Waals surface area contributed by atoms with Crippen molar-refractivity contribution >= 4 is 39.0 Å². The Kier molecular flexibility index (Phi) is 3.53. The highest BCUT2D eigenvalue weighted by atomic mass is 79.9. The van der Waals surface area contributed by atoms with E-state index in [1.807, 2.05) is 24.3 Å². The van der Waals surface area contributed by atoms with Crippen LogP contribution in [0.5, 0.6) is 0 Å². The molecule has 0 unspecified atom stereocenters. The topological polar surface area (TPSA) is 75.4 Å². The van der Waals surface area contributed by atoms with Gasteiger partial charge in [0.25, 0.3) is 0 Å². The lowest BCUT2D eigenvalue weighted by Crippen LogP contribution is -2.01. The first kappa shape index (κ1) is 12.4. The minimum absolute atomic E-state index is 0.171. The van der Waals surface area contributed by atoms with Gasteiger partial charge < -0.3 is 16.2 Å². The number of carbonyl (C=O) groups is 1. The number of carboxylic acid groups (broad SMARTS) is 1. The fourth-order valence-corrected chi connectivity index (χ4v) is 1.90. The van der Waals surface area contributed by atoms with E-state index in [2.05, 4.69) is 21.2 Å². The van der Waals surface area contributed by atoms with Gasteiger partial charge in [0.05, 0.1) is 22.6 Å². The standard InChI is InChI=1S/C13H11BrN2O2/c14-9-3-1-2-4-11(9)16-12-6-5-8(13(17)18)7-10(12)15/h1-7,16H,15H2,(H,17,18). The summed E-state index contributed by atoms with van der Waals surface area (Å²) in [5.41, 5.74) is 7.92. The van der Waals surface area contributed by atoms with Crippen LogP contribution in [0.15, 0.2) is 46.9 Å². The minimum Gasteiger partial charge on any atom is -0.478 e. The molecule has 0 saturated heterocycles. The molecule has 0 aliphatic carbocycles. The lowest BCUT2D eigenvalue weighted by atomic mass is 10.1. The van der Waals surface area contributed by atoms with Crippen molar-refractivity contribution in [2.24, 2.45) is 0 Å². The van der Waals surface area contributed by atoms with Crippen molar-refractivity contribution in [3.05, 3.63) is 52.5 Å². The van der Waals surface area contributed by atoms with Crippen LogP contribution in [0, 0.1) is 0 Å². The van der Waals surface area contributed by atoms with Gasteiger partial charge in [-0.1, -0.05) is 12.1 Å². The maximum Gasteiger partial charge on any atom is 0.335 e. The van der Waals surface area contributed by atoms with Crippen molar-refractivity contribution in [3.63, 3.8) is 0 Å². The number of nitrogens with one attached hydrogen (secondary N) is 1. The van der Waals surface area contributed by atoms with Gasteiger partial charge >= 0.3 is 5.97 Å². The Morgan fingerprint density at radius 1 is 1.17 bits per heavy atom. The van der Waals surface area contributed by atoms with Crippen LogP contribution in [-0.4, -0.2) is 11.1 Å². The summed E-state index contributed by atoms with van der Waals surface area (Å²) in [6.07, 6.45) is 0. The summed E-state index contributed by atoms with van der Waals surface area (Å²) in [6.45, 7) is 0. The molecule has 0 saturated carbocycles. The molecule has 2 rings (SSSR count). The van der Waals surface area contributed by atoms with Gasteiger partial charge in [-0.3, -0.25) is 0 Å². The van der Waals surface area contributed by atoms with E-state index < -0.39 is 5.97 Å². The molecular weight excluding hydrogens is 296 g/mol. The van der Waals surface area contributed by atoms with E-state index in [1.54, 1.807) is 6.07 Å². The summed E-state index contributed by atoms with van der Waals surface area (Å²) < 4.78 is 0.909. The Morgan fingerprint density at radius 3 is 2.50 bits per heavy atom. The third-order valence-electron chi connectivity index (χ3n) is 2.44. The number of nitrogen functional groups attached to an aromatic ring is 1. The van der Waals surface area contributed by atoms with E-state index in [0.29, 0.717) is 11.4 Å². The van der Waals surface area contributed by atoms with Crippen LogP contribution in [0.1, 0.15) is 10.4 Å². The molecule has 4 nitrogen and oxygen atoms in total. The van der Waals surface area contributed by atoms with E-state index >= 15 is 0 Å². The molecule has 0 radical (unpaired) electrons. The van der Waals surface area contributed by atoms with Gasteiger partial charge in [-0.25, -0.2) is 4.79 Å². The second kappa shape index (κ2) is 5.10. The molecule has 0 fully saturated rings. The number of aromatic carboxylic acids is 1. The second-order valence-corrected chi connectivity index (χ2v) is 4.57. The number of hydrogen-bond donors (Lipinski definition) is 3. The molecule has 0 amide bonds. The molecule has 18 heavy (non-hydrogen) atoms. The summed E-state index contributed by atoms with van der Waals surface area (Å²) in [6, 6.07) is 12.2. The Hall–Kier alpha value is -2.01. The number of carboxylic acids is 1. The largest absolute Gasteiger partial charge is 0.478 e. The molecule has 92 valence electrons. The van der Waals surface area contributed by atoms with E-state index in [4.69, 9.17) is 10.8 Å². The Bertz CT molecular complexity index is 599. The van der Waals surface area contributed by atoms with Gasteiger partial charge in [0.2, 0.25) is 0 Å².